The van der Waals surface area contributed by atoms with Gasteiger partial charge in [-0.25, -0.2) is 9.97 Å². The fourth-order valence-corrected chi connectivity index (χ4v) is 2.54. The molecule has 1 aromatic rings. The average molecular weight is 249 g/mol. The third kappa shape index (κ3) is 2.05. The largest absolute Gasteiger partial charge is 0.481 e. The number of hydrogen-bond acceptors (Lipinski definition) is 4. The molecule has 0 saturated carbocycles. The van der Waals surface area contributed by atoms with Gasteiger partial charge in [-0.3, -0.25) is 4.79 Å². The van der Waals surface area contributed by atoms with Gasteiger partial charge in [-0.05, 0) is 25.3 Å². The molecule has 0 aromatic carbocycles. The molecule has 1 fully saturated rings. The third-order valence-electron chi connectivity index (χ3n) is 3.92. The van der Waals surface area contributed by atoms with Gasteiger partial charge in [0.05, 0.1) is 5.41 Å². The molecule has 1 N–H and O–H groups in total. The Balaban J connectivity index is 2.24. The predicted molar refractivity (Wildman–Crippen MR) is 68.5 cm³/mol. The number of aliphatic carboxylic acids is 1. The topological polar surface area (TPSA) is 66.3 Å². The molecule has 1 aliphatic rings. The first-order valence-corrected chi connectivity index (χ1v) is 6.24. The molecule has 5 heteroatoms. The van der Waals surface area contributed by atoms with Gasteiger partial charge in [-0.1, -0.05) is 13.8 Å². The Kier molecular flexibility index (Phi) is 3.24. The molecular weight excluding hydrogens is 230 g/mol. The van der Waals surface area contributed by atoms with E-state index < -0.39 is 11.4 Å². The van der Waals surface area contributed by atoms with Crippen molar-refractivity contribution in [2.75, 3.05) is 18.0 Å². The van der Waals surface area contributed by atoms with Crippen LogP contribution in [-0.2, 0) is 4.79 Å². The number of nitrogens with zero attached hydrogens (tertiary/aromatic N) is 3. The Bertz CT molecular complexity index is 461. The van der Waals surface area contributed by atoms with Crippen LogP contribution in [0.1, 0.15) is 26.1 Å². The van der Waals surface area contributed by atoms with Crippen LogP contribution in [-0.4, -0.2) is 34.1 Å². The average Bonchev–Trinajstić information content (AvgIpc) is 2.75. The highest BCUT2D eigenvalue weighted by molar-refractivity contribution is 5.77. The van der Waals surface area contributed by atoms with Crippen molar-refractivity contribution in [1.82, 2.24) is 9.97 Å². The van der Waals surface area contributed by atoms with Crippen molar-refractivity contribution in [2.45, 2.75) is 27.2 Å². The molecule has 1 atom stereocenters. The summed E-state index contributed by atoms with van der Waals surface area (Å²) in [4.78, 5) is 22.0. The molecule has 1 aromatic heterocycles. The van der Waals surface area contributed by atoms with Gasteiger partial charge in [0, 0.05) is 19.3 Å². The van der Waals surface area contributed by atoms with E-state index in [0.717, 1.165) is 12.4 Å². The lowest BCUT2D eigenvalue weighted by Crippen LogP contribution is -2.39. The Morgan fingerprint density at radius 3 is 2.78 bits per heavy atom. The van der Waals surface area contributed by atoms with Crippen LogP contribution in [0.2, 0.25) is 0 Å². The van der Waals surface area contributed by atoms with Crippen LogP contribution in [0.5, 0.6) is 0 Å². The first-order chi connectivity index (χ1) is 8.45. The minimum absolute atomic E-state index is 0.114. The van der Waals surface area contributed by atoms with Crippen LogP contribution >= 0.6 is 0 Å². The van der Waals surface area contributed by atoms with Gasteiger partial charge < -0.3 is 10.0 Å². The van der Waals surface area contributed by atoms with E-state index >= 15 is 0 Å². The maximum absolute atomic E-state index is 11.5. The summed E-state index contributed by atoms with van der Waals surface area (Å²) in [5.74, 6) is 0.949. The van der Waals surface area contributed by atoms with Crippen molar-refractivity contribution in [1.29, 1.82) is 0 Å². The molecule has 1 saturated heterocycles. The Morgan fingerprint density at radius 1 is 1.56 bits per heavy atom. The molecule has 2 rings (SSSR count). The van der Waals surface area contributed by atoms with Crippen LogP contribution in [0.4, 0.5) is 5.82 Å². The number of carbonyl (C=O) groups is 1. The van der Waals surface area contributed by atoms with Gasteiger partial charge in [-0.15, -0.1) is 0 Å². The quantitative estimate of drug-likeness (QED) is 0.883. The van der Waals surface area contributed by atoms with Crippen LogP contribution in [0.3, 0.4) is 0 Å². The highest BCUT2D eigenvalue weighted by Crippen LogP contribution is 2.39. The lowest BCUT2D eigenvalue weighted by atomic mass is 9.76. The maximum atomic E-state index is 11.5. The highest BCUT2D eigenvalue weighted by atomic mass is 16.4. The van der Waals surface area contributed by atoms with Crippen LogP contribution in [0.25, 0.3) is 0 Å². The first-order valence-electron chi connectivity index (χ1n) is 6.24. The number of carboxylic acid groups (broad SMARTS) is 1. The number of rotatable bonds is 3. The summed E-state index contributed by atoms with van der Waals surface area (Å²) >= 11 is 0. The third-order valence-corrected chi connectivity index (χ3v) is 3.92. The van der Waals surface area contributed by atoms with Crippen molar-refractivity contribution in [2.24, 2.45) is 11.3 Å². The van der Waals surface area contributed by atoms with Gasteiger partial charge in [-0.2, -0.15) is 0 Å². The normalized spacial score (nSPS) is 23.7. The van der Waals surface area contributed by atoms with Crippen molar-refractivity contribution in [3.05, 3.63) is 18.1 Å². The summed E-state index contributed by atoms with van der Waals surface area (Å²) in [5, 5.41) is 9.49. The van der Waals surface area contributed by atoms with E-state index in [0.29, 0.717) is 18.8 Å². The van der Waals surface area contributed by atoms with Crippen molar-refractivity contribution >= 4 is 11.8 Å². The van der Waals surface area contributed by atoms with Gasteiger partial charge in [0.15, 0.2) is 0 Å². The smallest absolute Gasteiger partial charge is 0.311 e. The molecule has 18 heavy (non-hydrogen) atoms. The van der Waals surface area contributed by atoms with E-state index in [-0.39, 0.29) is 5.92 Å². The van der Waals surface area contributed by atoms with E-state index in [2.05, 4.69) is 9.97 Å². The molecule has 0 bridgehead atoms. The van der Waals surface area contributed by atoms with Crippen LogP contribution in [0, 0.1) is 18.3 Å². The Hall–Kier alpha value is -1.65. The summed E-state index contributed by atoms with van der Waals surface area (Å²) in [6.45, 7) is 7.05. The molecular formula is C13H19N3O2. The Morgan fingerprint density at radius 2 is 2.28 bits per heavy atom. The summed E-state index contributed by atoms with van der Waals surface area (Å²) in [7, 11) is 0. The second-order valence-electron chi connectivity index (χ2n) is 5.25. The minimum atomic E-state index is -0.703. The number of hydrogen-bond donors (Lipinski definition) is 1. The molecule has 2 heterocycles. The molecule has 5 nitrogen and oxygen atoms in total. The van der Waals surface area contributed by atoms with Crippen molar-refractivity contribution in [3.63, 3.8) is 0 Å². The van der Waals surface area contributed by atoms with Crippen molar-refractivity contribution in [3.8, 4) is 0 Å². The Labute approximate surface area is 107 Å². The second-order valence-corrected chi connectivity index (χ2v) is 5.25. The molecule has 1 aliphatic heterocycles. The number of aromatic nitrogens is 2. The highest BCUT2D eigenvalue weighted by Gasteiger charge is 2.47. The summed E-state index contributed by atoms with van der Waals surface area (Å²) in [6.07, 6.45) is 2.39. The summed E-state index contributed by atoms with van der Waals surface area (Å²) < 4.78 is 0. The van der Waals surface area contributed by atoms with Crippen molar-refractivity contribution < 1.29 is 9.90 Å². The molecule has 1 unspecified atom stereocenters. The van der Waals surface area contributed by atoms with E-state index in [1.807, 2.05) is 31.7 Å². The SMILES string of the molecule is Cc1nccc(N2CCC(C(=O)O)(C(C)C)C2)n1. The fourth-order valence-electron chi connectivity index (χ4n) is 2.54. The fraction of sp³-hybridized carbons (Fsp3) is 0.615. The molecule has 98 valence electrons. The molecule has 0 spiro atoms. The standard InChI is InChI=1S/C13H19N3O2/c1-9(2)13(12(17)18)5-7-16(8-13)11-4-6-14-10(3)15-11/h4,6,9H,5,7-8H2,1-3H3,(H,17,18). The number of anilines is 1. The zero-order chi connectivity index (χ0) is 13.3. The van der Waals surface area contributed by atoms with E-state index in [4.69, 9.17) is 0 Å². The van der Waals surface area contributed by atoms with Gasteiger partial charge >= 0.3 is 5.97 Å². The number of carboxylic acids is 1. The molecule has 0 aliphatic carbocycles. The lowest BCUT2D eigenvalue weighted by Gasteiger charge is -2.28. The van der Waals surface area contributed by atoms with Gasteiger partial charge in [0.2, 0.25) is 0 Å². The molecule has 0 amide bonds. The second kappa shape index (κ2) is 4.55. The van der Waals surface area contributed by atoms with E-state index in [1.165, 1.54) is 0 Å². The number of aryl methyl sites for hydroxylation is 1. The first kappa shape index (κ1) is 12.8. The van der Waals surface area contributed by atoms with Crippen LogP contribution in [0.15, 0.2) is 12.3 Å². The summed E-state index contributed by atoms with van der Waals surface area (Å²) in [5.41, 5.74) is -0.654. The van der Waals surface area contributed by atoms with E-state index in [1.54, 1.807) is 6.20 Å². The predicted octanol–water partition coefficient (Wildman–Crippen LogP) is 1.72. The lowest BCUT2D eigenvalue weighted by molar-refractivity contribution is -0.150. The van der Waals surface area contributed by atoms with Gasteiger partial charge in [0.25, 0.3) is 0 Å². The summed E-state index contributed by atoms with van der Waals surface area (Å²) in [6, 6.07) is 1.84. The maximum Gasteiger partial charge on any atom is 0.311 e. The van der Waals surface area contributed by atoms with Crippen LogP contribution < -0.4 is 4.90 Å². The minimum Gasteiger partial charge on any atom is -0.481 e. The van der Waals surface area contributed by atoms with E-state index in [9.17, 15) is 9.90 Å². The zero-order valence-corrected chi connectivity index (χ0v) is 11.1. The molecule has 0 radical (unpaired) electrons. The van der Waals surface area contributed by atoms with Gasteiger partial charge in [0.1, 0.15) is 11.6 Å². The monoisotopic (exact) mass is 249 g/mol. The zero-order valence-electron chi connectivity index (χ0n) is 11.1.